The second kappa shape index (κ2) is 10.5. The van der Waals surface area contributed by atoms with Crippen molar-refractivity contribution < 1.29 is 4.79 Å². The van der Waals surface area contributed by atoms with Crippen molar-refractivity contribution in [3.05, 3.63) is 99.4 Å². The van der Waals surface area contributed by atoms with Gasteiger partial charge in [0.1, 0.15) is 16.7 Å². The molecule has 0 spiro atoms. The third-order valence-electron chi connectivity index (χ3n) is 6.15. The van der Waals surface area contributed by atoms with Crippen LogP contribution in [0.15, 0.2) is 66.7 Å². The van der Waals surface area contributed by atoms with E-state index in [1.165, 1.54) is 0 Å². The maximum Gasteiger partial charge on any atom is 0.315 e. The first-order valence-electron chi connectivity index (χ1n) is 11.7. The van der Waals surface area contributed by atoms with Crippen LogP contribution in [0.2, 0.25) is 10.2 Å². The molecule has 0 bridgehead atoms. The van der Waals surface area contributed by atoms with Crippen LogP contribution >= 0.6 is 23.2 Å². The van der Waals surface area contributed by atoms with E-state index in [0.717, 1.165) is 33.2 Å². The Morgan fingerprint density at radius 3 is 2.65 bits per heavy atom. The van der Waals surface area contributed by atoms with Crippen molar-refractivity contribution in [1.82, 2.24) is 30.8 Å². The number of H-pyrrole nitrogens is 2. The molecule has 8 nitrogen and oxygen atoms in total. The van der Waals surface area contributed by atoms with Gasteiger partial charge in [0, 0.05) is 22.5 Å². The lowest BCUT2D eigenvalue weighted by Gasteiger charge is -2.18. The third kappa shape index (κ3) is 5.55. The van der Waals surface area contributed by atoms with Gasteiger partial charge in [-0.25, -0.2) is 9.78 Å². The standard InChI is InChI=1S/C27H25Cl2N7O/c1-15-7-8-17(11-20(15)28)14-31-27(37)32-22(12-16-5-3-2-4-6-16)26-33-23(24(29)34-26)18-9-10-19-21(13-18)35-36-25(19)30/h2-11,13,22H,12,14H2,1H3,(H,33,34)(H3,30,35,36)(H2,31,32,37). The molecule has 0 aliphatic heterocycles. The van der Waals surface area contributed by atoms with Crippen LogP contribution in [0.25, 0.3) is 22.2 Å². The summed E-state index contributed by atoms with van der Waals surface area (Å²) in [5.74, 6) is 0.975. The van der Waals surface area contributed by atoms with Gasteiger partial charge < -0.3 is 21.4 Å². The van der Waals surface area contributed by atoms with Crippen LogP contribution in [-0.2, 0) is 13.0 Å². The molecular formula is C27H25Cl2N7O. The van der Waals surface area contributed by atoms with Crippen LogP contribution < -0.4 is 16.4 Å². The fourth-order valence-electron chi connectivity index (χ4n) is 4.12. The lowest BCUT2D eigenvalue weighted by Crippen LogP contribution is -2.38. The molecule has 0 radical (unpaired) electrons. The number of carbonyl (C=O) groups excluding carboxylic acids is 1. The number of hydrogen-bond donors (Lipinski definition) is 5. The Morgan fingerprint density at radius 2 is 1.86 bits per heavy atom. The molecule has 2 amide bonds. The summed E-state index contributed by atoms with van der Waals surface area (Å²) in [6.45, 7) is 2.27. The molecule has 3 aromatic carbocycles. The number of hydrogen-bond acceptors (Lipinski definition) is 4. The zero-order valence-corrected chi connectivity index (χ0v) is 21.5. The van der Waals surface area contributed by atoms with E-state index in [9.17, 15) is 4.79 Å². The van der Waals surface area contributed by atoms with Gasteiger partial charge in [0.15, 0.2) is 5.82 Å². The van der Waals surface area contributed by atoms with Crippen molar-refractivity contribution in [3.63, 3.8) is 0 Å². The number of nitrogens with two attached hydrogens (primary N) is 1. The molecule has 0 aliphatic rings. The first-order chi connectivity index (χ1) is 17.9. The minimum absolute atomic E-state index is 0.332. The fourth-order valence-corrected chi connectivity index (χ4v) is 4.57. The van der Waals surface area contributed by atoms with Crippen LogP contribution in [0.4, 0.5) is 10.6 Å². The third-order valence-corrected chi connectivity index (χ3v) is 6.83. The topological polar surface area (TPSA) is 125 Å². The number of halogens is 2. The molecule has 0 aliphatic carbocycles. The minimum atomic E-state index is -0.457. The Bertz CT molecular complexity index is 1560. The van der Waals surface area contributed by atoms with Gasteiger partial charge in [-0.15, -0.1) is 0 Å². The molecule has 5 rings (SSSR count). The number of nitrogen functional groups attached to an aromatic ring is 1. The number of aryl methyl sites for hydroxylation is 1. The highest BCUT2D eigenvalue weighted by Gasteiger charge is 2.22. The zero-order valence-electron chi connectivity index (χ0n) is 20.0. The van der Waals surface area contributed by atoms with Crippen molar-refractivity contribution in [2.45, 2.75) is 25.9 Å². The number of nitrogens with zero attached hydrogens (tertiary/aromatic N) is 2. The summed E-state index contributed by atoms with van der Waals surface area (Å²) in [7, 11) is 0. The molecule has 2 heterocycles. The molecule has 1 unspecified atom stereocenters. The van der Waals surface area contributed by atoms with Crippen molar-refractivity contribution >= 4 is 46.0 Å². The highest BCUT2D eigenvalue weighted by atomic mass is 35.5. The Morgan fingerprint density at radius 1 is 1.05 bits per heavy atom. The predicted octanol–water partition coefficient (Wildman–Crippen LogP) is 5.93. The first kappa shape index (κ1) is 24.7. The van der Waals surface area contributed by atoms with Crippen molar-refractivity contribution in [3.8, 4) is 11.3 Å². The SMILES string of the molecule is Cc1ccc(CNC(=O)NC(Cc2ccccc2)c2nc(-c3ccc4c(N)n[nH]c4c3)c(Cl)[nH]2)cc1Cl. The van der Waals surface area contributed by atoms with Gasteiger partial charge in [-0.05, 0) is 48.2 Å². The van der Waals surface area contributed by atoms with Gasteiger partial charge in [0.25, 0.3) is 0 Å². The van der Waals surface area contributed by atoms with E-state index in [2.05, 4.69) is 25.8 Å². The number of imidazole rings is 1. The zero-order chi connectivity index (χ0) is 25.9. The fraction of sp³-hybridized carbons (Fsp3) is 0.148. The molecule has 37 heavy (non-hydrogen) atoms. The Kier molecular flexibility index (Phi) is 7.03. The summed E-state index contributed by atoms with van der Waals surface area (Å²) in [4.78, 5) is 20.8. The second-order valence-corrected chi connectivity index (χ2v) is 9.59. The Hall–Kier alpha value is -4.01. The number of aromatic nitrogens is 4. The van der Waals surface area contributed by atoms with E-state index >= 15 is 0 Å². The van der Waals surface area contributed by atoms with E-state index in [1.807, 2.05) is 73.7 Å². The first-order valence-corrected chi connectivity index (χ1v) is 12.5. The lowest BCUT2D eigenvalue weighted by molar-refractivity contribution is 0.236. The number of nitrogens with one attached hydrogen (secondary N) is 4. The smallest absolute Gasteiger partial charge is 0.315 e. The predicted molar refractivity (Wildman–Crippen MR) is 148 cm³/mol. The lowest BCUT2D eigenvalue weighted by atomic mass is 10.1. The van der Waals surface area contributed by atoms with E-state index < -0.39 is 6.04 Å². The highest BCUT2D eigenvalue weighted by Crippen LogP contribution is 2.31. The largest absolute Gasteiger partial charge is 0.382 e. The summed E-state index contributed by atoms with van der Waals surface area (Å²) in [5, 5.41) is 14.7. The summed E-state index contributed by atoms with van der Waals surface area (Å²) in [6, 6.07) is 20.4. The number of rotatable bonds is 7. The van der Waals surface area contributed by atoms with Gasteiger partial charge in [0.05, 0.1) is 11.6 Å². The van der Waals surface area contributed by atoms with Crippen LogP contribution in [0.5, 0.6) is 0 Å². The molecule has 10 heteroatoms. The minimum Gasteiger partial charge on any atom is -0.382 e. The average Bonchev–Trinajstić information content (AvgIpc) is 3.47. The number of urea groups is 1. The van der Waals surface area contributed by atoms with Gasteiger partial charge in [-0.3, -0.25) is 5.10 Å². The van der Waals surface area contributed by atoms with Gasteiger partial charge in [0.2, 0.25) is 0 Å². The van der Waals surface area contributed by atoms with E-state index in [1.54, 1.807) is 0 Å². The normalized spacial score (nSPS) is 12.0. The van der Waals surface area contributed by atoms with Gasteiger partial charge >= 0.3 is 6.03 Å². The van der Waals surface area contributed by atoms with Crippen LogP contribution in [0.1, 0.15) is 28.6 Å². The van der Waals surface area contributed by atoms with Crippen LogP contribution in [0.3, 0.4) is 0 Å². The number of aromatic amines is 2. The van der Waals surface area contributed by atoms with E-state index in [0.29, 0.717) is 40.5 Å². The van der Waals surface area contributed by atoms with Gasteiger partial charge in [-0.1, -0.05) is 71.7 Å². The quantitative estimate of drug-likeness (QED) is 0.177. The van der Waals surface area contributed by atoms with Crippen LogP contribution in [0, 0.1) is 6.92 Å². The summed E-state index contributed by atoms with van der Waals surface area (Å²) < 4.78 is 0. The Balaban J connectivity index is 1.38. The number of carbonyl (C=O) groups is 1. The molecule has 1 atom stereocenters. The molecule has 2 aromatic heterocycles. The molecule has 0 saturated heterocycles. The number of benzene rings is 3. The number of amides is 2. The molecule has 0 saturated carbocycles. The van der Waals surface area contributed by atoms with Crippen molar-refractivity contribution in [2.24, 2.45) is 0 Å². The van der Waals surface area contributed by atoms with Gasteiger partial charge in [-0.2, -0.15) is 5.10 Å². The maximum atomic E-state index is 12.9. The number of fused-ring (bicyclic) bond motifs is 1. The summed E-state index contributed by atoms with van der Waals surface area (Å²) >= 11 is 12.8. The van der Waals surface area contributed by atoms with E-state index in [4.69, 9.17) is 33.9 Å². The summed E-state index contributed by atoms with van der Waals surface area (Å²) in [5.41, 5.74) is 11.0. The van der Waals surface area contributed by atoms with Crippen LogP contribution in [-0.4, -0.2) is 26.2 Å². The second-order valence-electron chi connectivity index (χ2n) is 8.81. The molecule has 6 N–H and O–H groups in total. The maximum absolute atomic E-state index is 12.9. The molecule has 5 aromatic rings. The summed E-state index contributed by atoms with van der Waals surface area (Å²) in [6.07, 6.45) is 0.518. The monoisotopic (exact) mass is 533 g/mol. The Labute approximate surface area is 223 Å². The highest BCUT2D eigenvalue weighted by molar-refractivity contribution is 6.32. The average molecular weight is 534 g/mol. The van der Waals surface area contributed by atoms with E-state index in [-0.39, 0.29) is 6.03 Å². The molecular weight excluding hydrogens is 509 g/mol. The molecule has 0 fully saturated rings. The number of anilines is 1. The molecule has 188 valence electrons. The van der Waals surface area contributed by atoms with Crippen molar-refractivity contribution in [2.75, 3.05) is 5.73 Å². The van der Waals surface area contributed by atoms with Crippen molar-refractivity contribution in [1.29, 1.82) is 0 Å².